The molecule has 1 amide bonds. The summed E-state index contributed by atoms with van der Waals surface area (Å²) in [6.45, 7) is 1.96. The number of anilines is 1. The molecule has 0 heterocycles. The van der Waals surface area contributed by atoms with Crippen molar-refractivity contribution in [3.63, 3.8) is 0 Å². The Bertz CT molecular complexity index is 435. The molecular formula is C11H12ClF3N2O. The van der Waals surface area contributed by atoms with E-state index in [1.165, 1.54) is 13.0 Å². The van der Waals surface area contributed by atoms with E-state index in [-0.39, 0.29) is 16.6 Å². The Morgan fingerprint density at radius 1 is 1.33 bits per heavy atom. The highest BCUT2D eigenvalue weighted by molar-refractivity contribution is 6.33. The van der Waals surface area contributed by atoms with E-state index in [1.807, 2.05) is 0 Å². The van der Waals surface area contributed by atoms with Crippen LogP contribution in [0.2, 0.25) is 5.02 Å². The van der Waals surface area contributed by atoms with Crippen LogP contribution in [0.15, 0.2) is 18.2 Å². The van der Waals surface area contributed by atoms with Gasteiger partial charge in [-0.3, -0.25) is 4.79 Å². The van der Waals surface area contributed by atoms with Crippen LogP contribution >= 0.6 is 11.6 Å². The van der Waals surface area contributed by atoms with Crippen molar-refractivity contribution in [2.45, 2.75) is 13.1 Å². The van der Waals surface area contributed by atoms with Gasteiger partial charge >= 0.3 is 6.18 Å². The van der Waals surface area contributed by atoms with Gasteiger partial charge in [-0.1, -0.05) is 11.6 Å². The van der Waals surface area contributed by atoms with Gasteiger partial charge in [0.2, 0.25) is 5.91 Å². The Kier molecular flexibility index (Phi) is 4.84. The summed E-state index contributed by atoms with van der Waals surface area (Å²) >= 11 is 5.77. The first-order chi connectivity index (χ1) is 8.30. The summed E-state index contributed by atoms with van der Waals surface area (Å²) in [6, 6.07) is 3.04. The number of benzene rings is 1. The number of nitrogens with one attached hydrogen (secondary N) is 2. The predicted molar refractivity (Wildman–Crippen MR) is 63.6 cm³/mol. The number of alkyl halides is 3. The van der Waals surface area contributed by atoms with Crippen LogP contribution in [0.25, 0.3) is 0 Å². The van der Waals surface area contributed by atoms with E-state index in [4.69, 9.17) is 11.6 Å². The monoisotopic (exact) mass is 280 g/mol. The highest BCUT2D eigenvalue weighted by atomic mass is 35.5. The van der Waals surface area contributed by atoms with Crippen LogP contribution in [-0.4, -0.2) is 19.0 Å². The molecule has 0 atom stereocenters. The van der Waals surface area contributed by atoms with Crippen LogP contribution in [0.3, 0.4) is 0 Å². The Morgan fingerprint density at radius 3 is 2.56 bits per heavy atom. The molecule has 7 heteroatoms. The quantitative estimate of drug-likeness (QED) is 0.833. The van der Waals surface area contributed by atoms with Crippen LogP contribution in [0, 0.1) is 0 Å². The Hall–Kier alpha value is -1.43. The van der Waals surface area contributed by atoms with E-state index in [0.717, 1.165) is 12.1 Å². The predicted octanol–water partition coefficient (Wildman–Crippen LogP) is 2.91. The van der Waals surface area contributed by atoms with Crippen molar-refractivity contribution >= 4 is 23.2 Å². The third-order valence-corrected chi connectivity index (χ3v) is 2.44. The smallest absolute Gasteiger partial charge is 0.382 e. The highest BCUT2D eigenvalue weighted by Gasteiger charge is 2.30. The van der Waals surface area contributed by atoms with Gasteiger partial charge in [0, 0.05) is 20.0 Å². The molecule has 0 aromatic heterocycles. The van der Waals surface area contributed by atoms with Crippen molar-refractivity contribution < 1.29 is 18.0 Å². The standard InChI is InChI=1S/C11H12ClF3N2O/c1-7(18)16-4-5-17-10-6-8(11(13,14)15)2-3-9(10)12/h2-3,6,17H,4-5H2,1H3,(H,16,18). The lowest BCUT2D eigenvalue weighted by Gasteiger charge is -2.12. The maximum atomic E-state index is 12.5. The van der Waals surface area contributed by atoms with Gasteiger partial charge < -0.3 is 10.6 Å². The summed E-state index contributed by atoms with van der Waals surface area (Å²) < 4.78 is 37.4. The lowest BCUT2D eigenvalue weighted by atomic mass is 10.2. The average molecular weight is 281 g/mol. The summed E-state index contributed by atoms with van der Waals surface area (Å²) in [5.74, 6) is -0.202. The van der Waals surface area contributed by atoms with E-state index in [1.54, 1.807) is 0 Å². The normalized spacial score (nSPS) is 11.2. The van der Waals surface area contributed by atoms with Crippen molar-refractivity contribution in [2.75, 3.05) is 18.4 Å². The van der Waals surface area contributed by atoms with E-state index in [0.29, 0.717) is 13.1 Å². The number of rotatable bonds is 4. The lowest BCUT2D eigenvalue weighted by molar-refractivity contribution is -0.137. The molecular weight excluding hydrogens is 269 g/mol. The van der Waals surface area contributed by atoms with Crippen molar-refractivity contribution in [1.29, 1.82) is 0 Å². The number of amides is 1. The number of halogens is 4. The largest absolute Gasteiger partial charge is 0.416 e. The molecule has 0 bridgehead atoms. The second-order valence-electron chi connectivity index (χ2n) is 3.60. The first kappa shape index (κ1) is 14.6. The van der Waals surface area contributed by atoms with E-state index in [2.05, 4.69) is 10.6 Å². The number of hydrogen-bond donors (Lipinski definition) is 2. The molecule has 18 heavy (non-hydrogen) atoms. The molecule has 1 aromatic rings. The third kappa shape index (κ3) is 4.44. The molecule has 3 nitrogen and oxygen atoms in total. The fourth-order valence-electron chi connectivity index (χ4n) is 1.27. The molecule has 1 aromatic carbocycles. The topological polar surface area (TPSA) is 41.1 Å². The van der Waals surface area contributed by atoms with Gasteiger partial charge in [-0.15, -0.1) is 0 Å². The fraction of sp³-hybridized carbons (Fsp3) is 0.364. The molecule has 0 aliphatic heterocycles. The molecule has 0 fully saturated rings. The minimum Gasteiger partial charge on any atom is -0.382 e. The van der Waals surface area contributed by atoms with Crippen molar-refractivity contribution in [3.05, 3.63) is 28.8 Å². The van der Waals surface area contributed by atoms with Crippen LogP contribution in [0.5, 0.6) is 0 Å². The summed E-state index contributed by atoms with van der Waals surface area (Å²) in [5, 5.41) is 5.45. The van der Waals surface area contributed by atoms with E-state index in [9.17, 15) is 18.0 Å². The van der Waals surface area contributed by atoms with E-state index < -0.39 is 11.7 Å². The van der Waals surface area contributed by atoms with Gasteiger partial charge in [0.05, 0.1) is 16.3 Å². The second-order valence-corrected chi connectivity index (χ2v) is 4.01. The molecule has 2 N–H and O–H groups in total. The zero-order valence-electron chi connectivity index (χ0n) is 9.57. The van der Waals surface area contributed by atoms with Gasteiger partial charge in [0.25, 0.3) is 0 Å². The highest BCUT2D eigenvalue weighted by Crippen LogP contribution is 2.33. The van der Waals surface area contributed by atoms with E-state index >= 15 is 0 Å². The summed E-state index contributed by atoms with van der Waals surface area (Å²) in [7, 11) is 0. The third-order valence-electron chi connectivity index (χ3n) is 2.11. The van der Waals surface area contributed by atoms with Crippen molar-refractivity contribution in [2.24, 2.45) is 0 Å². The average Bonchev–Trinajstić information content (AvgIpc) is 2.24. The molecule has 100 valence electrons. The number of hydrogen-bond acceptors (Lipinski definition) is 2. The zero-order valence-corrected chi connectivity index (χ0v) is 10.3. The Balaban J connectivity index is 2.67. The lowest BCUT2D eigenvalue weighted by Crippen LogP contribution is -2.26. The minimum atomic E-state index is -4.40. The van der Waals surface area contributed by atoms with Gasteiger partial charge in [-0.05, 0) is 18.2 Å². The minimum absolute atomic E-state index is 0.192. The maximum absolute atomic E-state index is 12.5. The van der Waals surface area contributed by atoms with Crippen LogP contribution in [0.4, 0.5) is 18.9 Å². The summed E-state index contributed by atoms with van der Waals surface area (Å²) in [4.78, 5) is 10.6. The maximum Gasteiger partial charge on any atom is 0.416 e. The molecule has 0 radical (unpaired) electrons. The molecule has 0 unspecified atom stereocenters. The van der Waals surface area contributed by atoms with Crippen molar-refractivity contribution in [3.8, 4) is 0 Å². The zero-order chi connectivity index (χ0) is 13.8. The molecule has 0 aliphatic carbocycles. The van der Waals surface area contributed by atoms with Gasteiger partial charge in [-0.2, -0.15) is 13.2 Å². The van der Waals surface area contributed by atoms with Gasteiger partial charge in [0.15, 0.2) is 0 Å². The van der Waals surface area contributed by atoms with Crippen LogP contribution in [0.1, 0.15) is 12.5 Å². The second kappa shape index (κ2) is 5.95. The van der Waals surface area contributed by atoms with Crippen molar-refractivity contribution in [1.82, 2.24) is 5.32 Å². The molecule has 0 saturated carbocycles. The van der Waals surface area contributed by atoms with Crippen LogP contribution in [-0.2, 0) is 11.0 Å². The number of carbonyl (C=O) groups excluding carboxylic acids is 1. The molecule has 0 saturated heterocycles. The SMILES string of the molecule is CC(=O)NCCNc1cc(C(F)(F)F)ccc1Cl. The molecule has 0 aliphatic rings. The first-order valence-corrected chi connectivity index (χ1v) is 5.53. The molecule has 0 spiro atoms. The molecule has 1 rings (SSSR count). The summed E-state index contributed by atoms with van der Waals surface area (Å²) in [6.07, 6.45) is -4.40. The van der Waals surface area contributed by atoms with Gasteiger partial charge in [0.1, 0.15) is 0 Å². The van der Waals surface area contributed by atoms with Gasteiger partial charge in [-0.25, -0.2) is 0 Å². The van der Waals surface area contributed by atoms with Crippen LogP contribution < -0.4 is 10.6 Å². The fourth-order valence-corrected chi connectivity index (χ4v) is 1.46. The summed E-state index contributed by atoms with van der Waals surface area (Å²) in [5.41, 5.74) is -0.578. The Morgan fingerprint density at radius 2 is 2.00 bits per heavy atom. The first-order valence-electron chi connectivity index (χ1n) is 5.16. The Labute approximate surface area is 107 Å². The number of carbonyl (C=O) groups is 1.